The van der Waals surface area contributed by atoms with Crippen LogP contribution in [0.2, 0.25) is 0 Å². The number of amides is 2. The maximum absolute atomic E-state index is 13.7. The molecule has 192 valence electrons. The molecule has 2 heterocycles. The molecule has 3 aromatic rings. The lowest BCUT2D eigenvalue weighted by Crippen LogP contribution is -2.47. The molecule has 0 spiro atoms. The second-order valence-electron chi connectivity index (χ2n) is 9.69. The molecule has 0 saturated carbocycles. The molecule has 1 atom stereocenters. The number of hydrogen-bond acceptors (Lipinski definition) is 5. The Labute approximate surface area is 221 Å². The normalized spacial score (nSPS) is 15.1. The third-order valence-corrected chi connectivity index (χ3v) is 7.51. The number of nitro groups is 1. The largest absolute Gasteiger partial charge is 0.330 e. The van der Waals surface area contributed by atoms with Crippen LogP contribution in [0.1, 0.15) is 47.0 Å². The summed E-state index contributed by atoms with van der Waals surface area (Å²) in [6.07, 6.45) is 3.86. The molecule has 1 aliphatic rings. The summed E-state index contributed by atoms with van der Waals surface area (Å²) in [5, 5.41) is 13.0. The van der Waals surface area contributed by atoms with Gasteiger partial charge in [0.2, 0.25) is 11.8 Å². The van der Waals surface area contributed by atoms with Crippen LogP contribution in [0.25, 0.3) is 6.08 Å². The number of thiophene rings is 1. The minimum Gasteiger partial charge on any atom is -0.330 e. The van der Waals surface area contributed by atoms with Crippen molar-refractivity contribution in [2.75, 3.05) is 19.6 Å². The first-order valence-electron chi connectivity index (χ1n) is 12.4. The van der Waals surface area contributed by atoms with E-state index in [1.165, 1.54) is 28.6 Å². The van der Waals surface area contributed by atoms with Crippen molar-refractivity contribution < 1.29 is 14.5 Å². The number of rotatable bonds is 8. The maximum atomic E-state index is 13.7. The Bertz CT molecular complexity index is 1310. The average molecular weight is 518 g/mol. The van der Waals surface area contributed by atoms with Crippen molar-refractivity contribution in [3.8, 4) is 0 Å². The van der Waals surface area contributed by atoms with E-state index in [1.54, 1.807) is 34.4 Å². The van der Waals surface area contributed by atoms with E-state index in [-0.39, 0.29) is 36.0 Å². The van der Waals surface area contributed by atoms with Crippen LogP contribution >= 0.6 is 11.3 Å². The van der Waals surface area contributed by atoms with E-state index in [0.29, 0.717) is 18.7 Å². The Kier molecular flexibility index (Phi) is 8.18. The zero-order chi connectivity index (χ0) is 26.5. The summed E-state index contributed by atoms with van der Waals surface area (Å²) in [4.78, 5) is 42.1. The average Bonchev–Trinajstić information content (AvgIpc) is 3.36. The van der Waals surface area contributed by atoms with Crippen LogP contribution in [0.4, 0.5) is 5.69 Å². The van der Waals surface area contributed by atoms with Crippen molar-refractivity contribution in [2.45, 2.75) is 33.2 Å². The lowest BCUT2D eigenvalue weighted by Gasteiger charge is -2.38. The molecular formula is C29H31N3O4S. The van der Waals surface area contributed by atoms with Crippen molar-refractivity contribution in [1.82, 2.24) is 9.80 Å². The number of carbonyl (C=O) groups excluding carboxylic acids is 2. The van der Waals surface area contributed by atoms with Gasteiger partial charge < -0.3 is 9.80 Å². The lowest BCUT2D eigenvalue weighted by molar-refractivity contribution is -0.384. The zero-order valence-electron chi connectivity index (χ0n) is 21.3. The third kappa shape index (κ3) is 6.14. The fourth-order valence-corrected chi connectivity index (χ4v) is 5.63. The van der Waals surface area contributed by atoms with Crippen LogP contribution in [0.5, 0.6) is 0 Å². The summed E-state index contributed by atoms with van der Waals surface area (Å²) in [6, 6.07) is 16.1. The van der Waals surface area contributed by atoms with Gasteiger partial charge in [-0.3, -0.25) is 19.7 Å². The first kappa shape index (κ1) is 26.3. The molecule has 37 heavy (non-hydrogen) atoms. The van der Waals surface area contributed by atoms with Gasteiger partial charge in [-0.05, 0) is 71.2 Å². The van der Waals surface area contributed by atoms with Crippen molar-refractivity contribution in [2.24, 2.45) is 5.92 Å². The molecule has 1 aromatic heterocycles. The molecule has 0 aliphatic carbocycles. The predicted molar refractivity (Wildman–Crippen MR) is 146 cm³/mol. The van der Waals surface area contributed by atoms with Gasteiger partial charge in [-0.1, -0.05) is 38.1 Å². The first-order chi connectivity index (χ1) is 17.7. The van der Waals surface area contributed by atoms with Gasteiger partial charge in [-0.2, -0.15) is 0 Å². The minimum atomic E-state index is -0.460. The molecule has 0 saturated heterocycles. The number of aryl methyl sites for hydroxylation is 1. The Balaban J connectivity index is 1.55. The summed E-state index contributed by atoms with van der Waals surface area (Å²) in [7, 11) is 0. The van der Waals surface area contributed by atoms with Crippen LogP contribution < -0.4 is 0 Å². The Morgan fingerprint density at radius 2 is 1.86 bits per heavy atom. The number of benzene rings is 2. The SMILES string of the molecule is Cc1ccccc1C1c2ccsc2CCN1C(=O)CN(CC(C)C)C(=O)C=Cc1ccc([N+](=O)[O-])cc1. The van der Waals surface area contributed by atoms with E-state index >= 15 is 0 Å². The quantitative estimate of drug-likeness (QED) is 0.220. The molecular weight excluding hydrogens is 486 g/mol. The highest BCUT2D eigenvalue weighted by Gasteiger charge is 2.34. The third-order valence-electron chi connectivity index (χ3n) is 6.51. The molecule has 0 bridgehead atoms. The van der Waals surface area contributed by atoms with E-state index in [1.807, 2.05) is 30.9 Å². The van der Waals surface area contributed by atoms with Crippen molar-refractivity contribution >= 4 is 34.9 Å². The molecule has 8 heteroatoms. The van der Waals surface area contributed by atoms with Gasteiger partial charge in [0, 0.05) is 36.2 Å². The standard InChI is InChI=1S/C29H31N3O4S/c1-20(2)18-30(27(33)13-10-22-8-11-23(12-9-22)32(35)36)19-28(34)31-16-14-26-25(15-17-37-26)29(31)24-7-5-4-6-21(24)3/h4-13,15,17,20,29H,14,16,18-19H2,1-3H3. The number of fused-ring (bicyclic) bond motifs is 1. The van der Waals surface area contributed by atoms with Crippen LogP contribution in [-0.4, -0.2) is 46.2 Å². The maximum Gasteiger partial charge on any atom is 0.269 e. The summed E-state index contributed by atoms with van der Waals surface area (Å²) in [5.74, 6) is -0.162. The van der Waals surface area contributed by atoms with E-state index in [2.05, 4.69) is 30.5 Å². The van der Waals surface area contributed by atoms with Gasteiger partial charge in [-0.15, -0.1) is 11.3 Å². The number of nitrogens with zero attached hydrogens (tertiary/aromatic N) is 3. The predicted octanol–water partition coefficient (Wildman–Crippen LogP) is 5.64. The van der Waals surface area contributed by atoms with E-state index in [4.69, 9.17) is 0 Å². The first-order valence-corrected chi connectivity index (χ1v) is 13.2. The van der Waals surface area contributed by atoms with Crippen LogP contribution in [0.15, 0.2) is 66.1 Å². The van der Waals surface area contributed by atoms with Gasteiger partial charge in [0.05, 0.1) is 11.0 Å². The van der Waals surface area contributed by atoms with Gasteiger partial charge in [0.25, 0.3) is 5.69 Å². The van der Waals surface area contributed by atoms with Gasteiger partial charge in [-0.25, -0.2) is 0 Å². The summed E-state index contributed by atoms with van der Waals surface area (Å²) in [6.45, 7) is 7.13. The fourth-order valence-electron chi connectivity index (χ4n) is 4.72. The van der Waals surface area contributed by atoms with E-state index in [0.717, 1.165) is 17.5 Å². The van der Waals surface area contributed by atoms with Crippen molar-refractivity contribution in [3.63, 3.8) is 0 Å². The molecule has 0 N–H and O–H groups in total. The van der Waals surface area contributed by atoms with Crippen molar-refractivity contribution in [3.05, 3.63) is 103 Å². The van der Waals surface area contributed by atoms with Gasteiger partial charge >= 0.3 is 0 Å². The second kappa shape index (κ2) is 11.5. The highest BCUT2D eigenvalue weighted by molar-refractivity contribution is 7.10. The molecule has 2 aromatic carbocycles. The van der Waals surface area contributed by atoms with Crippen molar-refractivity contribution in [1.29, 1.82) is 0 Å². The monoisotopic (exact) mass is 517 g/mol. The Morgan fingerprint density at radius 1 is 1.14 bits per heavy atom. The Hall–Kier alpha value is -3.78. The summed E-state index contributed by atoms with van der Waals surface area (Å²) >= 11 is 1.73. The molecule has 1 aliphatic heterocycles. The van der Waals surface area contributed by atoms with Crippen LogP contribution in [-0.2, 0) is 16.0 Å². The fraction of sp³-hybridized carbons (Fsp3) is 0.310. The minimum absolute atomic E-state index is 0.00553. The molecule has 0 fully saturated rings. The highest BCUT2D eigenvalue weighted by Crippen LogP contribution is 2.39. The Morgan fingerprint density at radius 3 is 2.54 bits per heavy atom. The smallest absolute Gasteiger partial charge is 0.269 e. The highest BCUT2D eigenvalue weighted by atomic mass is 32.1. The lowest BCUT2D eigenvalue weighted by atomic mass is 9.90. The number of nitro benzene ring substituents is 1. The van der Waals surface area contributed by atoms with Gasteiger partial charge in [0.15, 0.2) is 0 Å². The number of hydrogen-bond donors (Lipinski definition) is 0. The van der Waals surface area contributed by atoms with E-state index < -0.39 is 4.92 Å². The summed E-state index contributed by atoms with van der Waals surface area (Å²) in [5.41, 5.74) is 4.07. The van der Waals surface area contributed by atoms with Crippen LogP contribution in [0, 0.1) is 23.0 Å². The summed E-state index contributed by atoms with van der Waals surface area (Å²) < 4.78 is 0. The molecule has 7 nitrogen and oxygen atoms in total. The topological polar surface area (TPSA) is 83.8 Å². The molecule has 1 unspecified atom stereocenters. The number of carbonyl (C=O) groups is 2. The molecule has 2 amide bonds. The zero-order valence-corrected chi connectivity index (χ0v) is 22.1. The second-order valence-corrected chi connectivity index (χ2v) is 10.7. The van der Waals surface area contributed by atoms with E-state index in [9.17, 15) is 19.7 Å². The number of non-ortho nitro benzene ring substituents is 1. The van der Waals surface area contributed by atoms with Gasteiger partial charge in [0.1, 0.15) is 6.54 Å². The molecule has 4 rings (SSSR count). The van der Waals surface area contributed by atoms with Crippen LogP contribution in [0.3, 0.4) is 0 Å². The molecule has 0 radical (unpaired) electrons.